The SMILES string of the molecule is O=C(O)c1nn(-c2ccc(F)cc2F)c2c1C1CCC2c2ccccc21. The van der Waals surface area contributed by atoms with Gasteiger partial charge in [0, 0.05) is 23.5 Å². The van der Waals surface area contributed by atoms with Crippen LogP contribution in [-0.4, -0.2) is 20.9 Å². The van der Waals surface area contributed by atoms with Crippen molar-refractivity contribution in [2.24, 2.45) is 0 Å². The van der Waals surface area contributed by atoms with Crippen LogP contribution < -0.4 is 0 Å². The molecule has 0 fully saturated rings. The Kier molecular flexibility index (Phi) is 3.07. The Morgan fingerprint density at radius 3 is 2.46 bits per heavy atom. The van der Waals surface area contributed by atoms with Gasteiger partial charge >= 0.3 is 5.97 Å². The fourth-order valence-electron chi connectivity index (χ4n) is 4.49. The summed E-state index contributed by atoms with van der Waals surface area (Å²) < 4.78 is 29.1. The van der Waals surface area contributed by atoms with E-state index in [0.717, 1.165) is 36.1 Å². The van der Waals surface area contributed by atoms with E-state index in [0.29, 0.717) is 11.3 Å². The highest BCUT2D eigenvalue weighted by atomic mass is 19.1. The van der Waals surface area contributed by atoms with Crippen molar-refractivity contribution in [2.75, 3.05) is 0 Å². The largest absolute Gasteiger partial charge is 0.476 e. The summed E-state index contributed by atoms with van der Waals surface area (Å²) in [6, 6.07) is 11.2. The second-order valence-corrected chi connectivity index (χ2v) is 6.77. The molecular formula is C20H14F2N2O2. The molecular weight excluding hydrogens is 338 g/mol. The zero-order chi connectivity index (χ0) is 18.0. The third-order valence-electron chi connectivity index (χ3n) is 5.47. The van der Waals surface area contributed by atoms with Crippen LogP contribution >= 0.6 is 0 Å². The molecule has 2 atom stereocenters. The molecule has 26 heavy (non-hydrogen) atoms. The molecule has 6 rings (SSSR count). The summed E-state index contributed by atoms with van der Waals surface area (Å²) in [6.07, 6.45) is 1.69. The first-order valence-electron chi connectivity index (χ1n) is 8.46. The van der Waals surface area contributed by atoms with Gasteiger partial charge < -0.3 is 5.11 Å². The first kappa shape index (κ1) is 15.3. The van der Waals surface area contributed by atoms with Crippen LogP contribution in [0, 0.1) is 11.6 Å². The summed E-state index contributed by atoms with van der Waals surface area (Å²) in [4.78, 5) is 11.8. The van der Waals surface area contributed by atoms with Gasteiger partial charge in [-0.05, 0) is 36.1 Å². The van der Waals surface area contributed by atoms with Gasteiger partial charge in [-0.15, -0.1) is 0 Å². The maximum absolute atomic E-state index is 14.4. The lowest BCUT2D eigenvalue weighted by molar-refractivity contribution is 0.0688. The van der Waals surface area contributed by atoms with Crippen LogP contribution in [-0.2, 0) is 0 Å². The number of halogens is 2. The lowest BCUT2D eigenvalue weighted by atomic mass is 9.65. The maximum Gasteiger partial charge on any atom is 0.356 e. The molecule has 0 aliphatic heterocycles. The molecule has 3 aliphatic carbocycles. The highest BCUT2D eigenvalue weighted by Crippen LogP contribution is 2.54. The number of rotatable bonds is 2. The molecule has 2 aromatic carbocycles. The van der Waals surface area contributed by atoms with Gasteiger partial charge in [-0.1, -0.05) is 24.3 Å². The van der Waals surface area contributed by atoms with Crippen molar-refractivity contribution in [1.82, 2.24) is 9.78 Å². The Balaban J connectivity index is 1.82. The van der Waals surface area contributed by atoms with E-state index in [2.05, 4.69) is 5.10 Å². The molecule has 4 nitrogen and oxygen atoms in total. The highest BCUT2D eigenvalue weighted by molar-refractivity contribution is 5.89. The Hall–Kier alpha value is -3.02. The van der Waals surface area contributed by atoms with Gasteiger partial charge in [0.1, 0.15) is 11.5 Å². The predicted octanol–water partition coefficient (Wildman–Crippen LogP) is 4.22. The number of carbonyl (C=O) groups is 1. The molecule has 2 bridgehead atoms. The van der Waals surface area contributed by atoms with Crippen molar-refractivity contribution >= 4 is 5.97 Å². The molecule has 1 aromatic heterocycles. The minimum atomic E-state index is -1.13. The van der Waals surface area contributed by atoms with Crippen molar-refractivity contribution in [3.63, 3.8) is 0 Å². The van der Waals surface area contributed by atoms with Gasteiger partial charge in [-0.3, -0.25) is 0 Å². The summed E-state index contributed by atoms with van der Waals surface area (Å²) >= 11 is 0. The van der Waals surface area contributed by atoms with Crippen LogP contribution in [0.15, 0.2) is 42.5 Å². The minimum Gasteiger partial charge on any atom is -0.476 e. The molecule has 2 unspecified atom stereocenters. The molecule has 0 saturated carbocycles. The zero-order valence-electron chi connectivity index (χ0n) is 13.6. The zero-order valence-corrected chi connectivity index (χ0v) is 13.6. The third kappa shape index (κ3) is 1.92. The second-order valence-electron chi connectivity index (χ2n) is 6.77. The molecule has 0 spiro atoms. The Morgan fingerprint density at radius 1 is 1.08 bits per heavy atom. The monoisotopic (exact) mass is 352 g/mol. The number of hydrogen-bond acceptors (Lipinski definition) is 2. The molecule has 3 aliphatic rings. The lowest BCUT2D eigenvalue weighted by Gasteiger charge is -2.38. The number of carboxylic acid groups (broad SMARTS) is 1. The molecule has 1 heterocycles. The summed E-state index contributed by atoms with van der Waals surface area (Å²) in [5.74, 6) is -2.68. The van der Waals surface area contributed by atoms with Gasteiger partial charge in [-0.2, -0.15) is 5.10 Å². The number of aromatic carboxylic acids is 1. The van der Waals surface area contributed by atoms with Gasteiger partial charge in [0.05, 0.1) is 5.69 Å². The lowest BCUT2D eigenvalue weighted by Crippen LogP contribution is -2.27. The van der Waals surface area contributed by atoms with E-state index in [1.807, 2.05) is 24.3 Å². The van der Waals surface area contributed by atoms with E-state index >= 15 is 0 Å². The summed E-state index contributed by atoms with van der Waals surface area (Å²) in [7, 11) is 0. The first-order chi connectivity index (χ1) is 12.6. The van der Waals surface area contributed by atoms with Crippen LogP contribution in [0.2, 0.25) is 0 Å². The standard InChI is InChI=1S/C20H14F2N2O2/c21-10-5-8-16(15(22)9-10)24-19-14-7-6-13(11-3-1-2-4-12(11)14)17(19)18(23-24)20(25)26/h1-5,8-9,13-14H,6-7H2,(H,25,26). The van der Waals surface area contributed by atoms with Gasteiger partial charge in [0.25, 0.3) is 0 Å². The molecule has 1 N–H and O–H groups in total. The normalized spacial score (nSPS) is 19.9. The molecule has 130 valence electrons. The van der Waals surface area contributed by atoms with Crippen LogP contribution in [0.5, 0.6) is 0 Å². The van der Waals surface area contributed by atoms with Crippen LogP contribution in [0.1, 0.15) is 57.6 Å². The van der Waals surface area contributed by atoms with Crippen molar-refractivity contribution < 1.29 is 18.7 Å². The summed E-state index contributed by atoms with van der Waals surface area (Å²) in [6.45, 7) is 0. The van der Waals surface area contributed by atoms with Crippen molar-refractivity contribution in [2.45, 2.75) is 24.7 Å². The van der Waals surface area contributed by atoms with Crippen molar-refractivity contribution in [3.05, 3.63) is 82.2 Å². The first-order valence-corrected chi connectivity index (χ1v) is 8.46. The Morgan fingerprint density at radius 2 is 1.77 bits per heavy atom. The number of aromatic nitrogens is 2. The van der Waals surface area contributed by atoms with E-state index in [1.54, 1.807) is 0 Å². The second kappa shape index (κ2) is 5.24. The molecule has 6 heteroatoms. The Bertz CT molecular complexity index is 1070. The topological polar surface area (TPSA) is 55.1 Å². The highest BCUT2D eigenvalue weighted by Gasteiger charge is 2.43. The third-order valence-corrected chi connectivity index (χ3v) is 5.47. The van der Waals surface area contributed by atoms with Gasteiger partial charge in [0.2, 0.25) is 0 Å². The fraction of sp³-hybridized carbons (Fsp3) is 0.200. The average Bonchev–Trinajstić information content (AvgIpc) is 3.04. The number of hydrogen-bond donors (Lipinski definition) is 1. The summed E-state index contributed by atoms with van der Waals surface area (Å²) in [5.41, 5.74) is 3.65. The van der Waals surface area contributed by atoms with Crippen LogP contribution in [0.4, 0.5) is 8.78 Å². The van der Waals surface area contributed by atoms with E-state index < -0.39 is 17.6 Å². The molecule has 0 radical (unpaired) electrons. The Labute approximate surface area is 147 Å². The van der Waals surface area contributed by atoms with Crippen molar-refractivity contribution in [1.29, 1.82) is 0 Å². The van der Waals surface area contributed by atoms with Gasteiger partial charge in [-0.25, -0.2) is 18.3 Å². The quantitative estimate of drug-likeness (QED) is 0.751. The van der Waals surface area contributed by atoms with E-state index in [-0.39, 0.29) is 23.2 Å². The minimum absolute atomic E-state index is 0.0451. The molecule has 3 aromatic rings. The smallest absolute Gasteiger partial charge is 0.356 e. The van der Waals surface area contributed by atoms with E-state index in [1.165, 1.54) is 10.7 Å². The summed E-state index contributed by atoms with van der Waals surface area (Å²) in [5, 5.41) is 13.9. The molecule has 0 amide bonds. The van der Waals surface area contributed by atoms with Crippen molar-refractivity contribution in [3.8, 4) is 5.69 Å². The van der Waals surface area contributed by atoms with E-state index in [9.17, 15) is 18.7 Å². The number of fused-ring (bicyclic) bond motifs is 1. The van der Waals surface area contributed by atoms with Crippen LogP contribution in [0.25, 0.3) is 5.69 Å². The molecule has 0 saturated heterocycles. The number of benzene rings is 2. The average molecular weight is 352 g/mol. The van der Waals surface area contributed by atoms with Crippen LogP contribution in [0.3, 0.4) is 0 Å². The predicted molar refractivity (Wildman–Crippen MR) is 89.8 cm³/mol. The fourth-order valence-corrected chi connectivity index (χ4v) is 4.49. The number of nitrogens with zero attached hydrogens (tertiary/aromatic N) is 2. The van der Waals surface area contributed by atoms with E-state index in [4.69, 9.17) is 0 Å². The van der Waals surface area contributed by atoms with Gasteiger partial charge in [0.15, 0.2) is 11.5 Å². The maximum atomic E-state index is 14.4. The number of carboxylic acids is 1.